The van der Waals surface area contributed by atoms with Gasteiger partial charge in [0.25, 0.3) is 5.91 Å². The van der Waals surface area contributed by atoms with E-state index in [0.29, 0.717) is 5.84 Å². The number of nitrogens with zero attached hydrogens (tertiary/aromatic N) is 1. The fourth-order valence-electron chi connectivity index (χ4n) is 1.43. The van der Waals surface area contributed by atoms with E-state index in [1.807, 2.05) is 26.0 Å². The number of carbonyl (C=O) groups excluding carboxylic acids is 1. The summed E-state index contributed by atoms with van der Waals surface area (Å²) >= 11 is 0. The Bertz CT molecular complexity index is 412. The van der Waals surface area contributed by atoms with Crippen molar-refractivity contribution in [3.8, 4) is 0 Å². The molecule has 84 valence electrons. The molecular weight excluding hydrogens is 200 g/mol. The molecule has 1 aliphatic heterocycles. The molecule has 3 heteroatoms. The topological polar surface area (TPSA) is 41.5 Å². The highest BCUT2D eigenvalue weighted by Gasteiger charge is 2.22. The van der Waals surface area contributed by atoms with Gasteiger partial charge in [-0.05, 0) is 12.0 Å². The largest absolute Gasteiger partial charge is 0.306 e. The third kappa shape index (κ3) is 2.57. The minimum atomic E-state index is -0.100. The lowest BCUT2D eigenvalue weighted by Crippen LogP contribution is -2.37. The lowest BCUT2D eigenvalue weighted by molar-refractivity contribution is -0.116. The molecule has 1 N–H and O–H groups in total. The molecule has 0 saturated heterocycles. The third-order valence-corrected chi connectivity index (χ3v) is 2.22. The van der Waals surface area contributed by atoms with Gasteiger partial charge < -0.3 is 5.32 Å². The van der Waals surface area contributed by atoms with Crippen LogP contribution in [0, 0.1) is 5.92 Å². The third-order valence-electron chi connectivity index (χ3n) is 2.22. The lowest BCUT2D eigenvalue weighted by atomic mass is 9.96. The number of hydrogen-bond donors (Lipinski definition) is 1. The maximum Gasteiger partial charge on any atom is 0.253 e. The number of allylic oxidation sites excluding steroid dienone is 2. The molecule has 0 fully saturated rings. The Hall–Kier alpha value is -1.90. The number of rotatable bonds is 3. The molecule has 0 bridgehead atoms. The zero-order chi connectivity index (χ0) is 12.1. The van der Waals surface area contributed by atoms with E-state index in [9.17, 15) is 4.79 Å². The van der Waals surface area contributed by atoms with Gasteiger partial charge in [-0.1, -0.05) is 39.2 Å². The molecule has 3 nitrogen and oxygen atoms in total. The smallest absolute Gasteiger partial charge is 0.253 e. The van der Waals surface area contributed by atoms with Crippen LogP contribution in [-0.4, -0.2) is 11.7 Å². The Morgan fingerprint density at radius 2 is 2.12 bits per heavy atom. The van der Waals surface area contributed by atoms with Crippen molar-refractivity contribution in [3.05, 3.63) is 48.7 Å². The van der Waals surface area contributed by atoms with Gasteiger partial charge in [0.15, 0.2) is 0 Å². The summed E-state index contributed by atoms with van der Waals surface area (Å²) in [6, 6.07) is 0. The van der Waals surface area contributed by atoms with E-state index in [-0.39, 0.29) is 11.8 Å². The minimum absolute atomic E-state index is 0.100. The summed E-state index contributed by atoms with van der Waals surface area (Å²) in [4.78, 5) is 15.7. The van der Waals surface area contributed by atoms with Crippen LogP contribution in [0.5, 0.6) is 0 Å². The average molecular weight is 216 g/mol. The second-order valence-corrected chi connectivity index (χ2v) is 3.73. The van der Waals surface area contributed by atoms with Crippen molar-refractivity contribution >= 4 is 11.7 Å². The van der Waals surface area contributed by atoms with Gasteiger partial charge in [0.1, 0.15) is 5.84 Å². The molecule has 0 aliphatic carbocycles. The Morgan fingerprint density at radius 1 is 1.44 bits per heavy atom. The number of nitrogens with one attached hydrogen (secondary N) is 1. The van der Waals surface area contributed by atoms with Crippen molar-refractivity contribution in [1.82, 2.24) is 5.32 Å². The van der Waals surface area contributed by atoms with Crippen LogP contribution in [0.1, 0.15) is 13.8 Å². The van der Waals surface area contributed by atoms with Crippen molar-refractivity contribution in [3.63, 3.8) is 0 Å². The molecule has 1 rings (SSSR count). The summed E-state index contributed by atoms with van der Waals surface area (Å²) in [6.07, 6.45) is 6.72. The molecule has 0 unspecified atom stereocenters. The molecule has 0 atom stereocenters. The molecule has 0 saturated carbocycles. The Balaban J connectivity index is 3.22. The highest BCUT2D eigenvalue weighted by atomic mass is 16.1. The van der Waals surface area contributed by atoms with Gasteiger partial charge >= 0.3 is 0 Å². The SMILES string of the molecule is C=C/C=C1/C=C(C(C)C)C(=O)N/C1=N/C=C. The summed E-state index contributed by atoms with van der Waals surface area (Å²) in [5, 5.41) is 2.74. The predicted molar refractivity (Wildman–Crippen MR) is 67.0 cm³/mol. The van der Waals surface area contributed by atoms with Crippen LogP contribution in [0.2, 0.25) is 0 Å². The summed E-state index contributed by atoms with van der Waals surface area (Å²) in [7, 11) is 0. The Kier molecular flexibility index (Phi) is 4.00. The molecule has 0 aromatic heterocycles. The van der Waals surface area contributed by atoms with E-state index in [2.05, 4.69) is 23.5 Å². The summed E-state index contributed by atoms with van der Waals surface area (Å²) in [5.41, 5.74) is 1.59. The van der Waals surface area contributed by atoms with Crippen molar-refractivity contribution in [2.75, 3.05) is 0 Å². The van der Waals surface area contributed by atoms with E-state index < -0.39 is 0 Å². The minimum Gasteiger partial charge on any atom is -0.306 e. The van der Waals surface area contributed by atoms with E-state index >= 15 is 0 Å². The molecule has 0 radical (unpaired) electrons. The number of carbonyl (C=O) groups is 1. The summed E-state index contributed by atoms with van der Waals surface area (Å²) in [5.74, 6) is 0.597. The quantitative estimate of drug-likeness (QED) is 0.773. The predicted octanol–water partition coefficient (Wildman–Crippen LogP) is 2.35. The van der Waals surface area contributed by atoms with E-state index in [4.69, 9.17) is 0 Å². The van der Waals surface area contributed by atoms with Crippen molar-refractivity contribution in [2.24, 2.45) is 10.9 Å². The van der Waals surface area contributed by atoms with Gasteiger partial charge in [-0.2, -0.15) is 0 Å². The molecule has 1 heterocycles. The maximum atomic E-state index is 11.7. The number of amides is 1. The van der Waals surface area contributed by atoms with Crippen molar-refractivity contribution in [2.45, 2.75) is 13.8 Å². The monoisotopic (exact) mass is 216 g/mol. The first kappa shape index (κ1) is 12.2. The second-order valence-electron chi connectivity index (χ2n) is 3.73. The first-order valence-corrected chi connectivity index (χ1v) is 5.15. The van der Waals surface area contributed by atoms with E-state index in [1.54, 1.807) is 6.08 Å². The molecule has 0 spiro atoms. The van der Waals surface area contributed by atoms with Crippen LogP contribution in [0.4, 0.5) is 0 Å². The zero-order valence-corrected chi connectivity index (χ0v) is 9.66. The number of hydrogen-bond acceptors (Lipinski definition) is 2. The van der Waals surface area contributed by atoms with E-state index in [1.165, 1.54) is 6.20 Å². The van der Waals surface area contributed by atoms with Gasteiger partial charge in [0, 0.05) is 17.3 Å². The Labute approximate surface area is 96.0 Å². The van der Waals surface area contributed by atoms with Crippen LogP contribution in [0.3, 0.4) is 0 Å². The fourth-order valence-corrected chi connectivity index (χ4v) is 1.43. The second kappa shape index (κ2) is 5.26. The van der Waals surface area contributed by atoms with Crippen LogP contribution >= 0.6 is 0 Å². The summed E-state index contributed by atoms with van der Waals surface area (Å²) in [6.45, 7) is 11.1. The van der Waals surface area contributed by atoms with Gasteiger partial charge in [-0.15, -0.1) is 0 Å². The first-order valence-electron chi connectivity index (χ1n) is 5.15. The highest BCUT2D eigenvalue weighted by Crippen LogP contribution is 2.18. The first-order chi connectivity index (χ1) is 7.60. The van der Waals surface area contributed by atoms with Gasteiger partial charge in [0.05, 0.1) is 0 Å². The number of amidine groups is 1. The Morgan fingerprint density at radius 3 is 2.62 bits per heavy atom. The van der Waals surface area contributed by atoms with E-state index in [0.717, 1.165) is 11.1 Å². The summed E-state index contributed by atoms with van der Waals surface area (Å²) < 4.78 is 0. The number of aliphatic imine (C=N–C) groups is 1. The van der Waals surface area contributed by atoms with Gasteiger partial charge in [-0.25, -0.2) is 4.99 Å². The van der Waals surface area contributed by atoms with Crippen LogP contribution in [0.15, 0.2) is 53.7 Å². The molecule has 1 aliphatic rings. The van der Waals surface area contributed by atoms with Gasteiger partial charge in [-0.3, -0.25) is 4.79 Å². The van der Waals surface area contributed by atoms with Crippen molar-refractivity contribution in [1.29, 1.82) is 0 Å². The molecule has 0 aromatic rings. The van der Waals surface area contributed by atoms with Crippen LogP contribution < -0.4 is 5.32 Å². The van der Waals surface area contributed by atoms with Crippen LogP contribution in [-0.2, 0) is 4.79 Å². The maximum absolute atomic E-state index is 11.7. The molecule has 16 heavy (non-hydrogen) atoms. The van der Waals surface area contributed by atoms with Crippen LogP contribution in [0.25, 0.3) is 0 Å². The lowest BCUT2D eigenvalue weighted by Gasteiger charge is -2.19. The average Bonchev–Trinajstić information content (AvgIpc) is 2.22. The molecule has 0 aromatic carbocycles. The fraction of sp³-hybridized carbons (Fsp3) is 0.231. The normalized spacial score (nSPS) is 20.9. The molecule has 1 amide bonds. The highest BCUT2D eigenvalue weighted by molar-refractivity contribution is 6.17. The van der Waals surface area contributed by atoms with Gasteiger partial charge in [0.2, 0.25) is 0 Å². The van der Waals surface area contributed by atoms with Crippen molar-refractivity contribution < 1.29 is 4.79 Å². The molecular formula is C13H16N2O. The zero-order valence-electron chi connectivity index (χ0n) is 9.66. The standard InChI is InChI=1S/C13H16N2O/c1-5-7-10-8-11(9(3)4)13(16)15-12(10)14-6-2/h5-9H,1-2H2,3-4H3,(H,14,15,16)/b10-7-.